The predicted molar refractivity (Wildman–Crippen MR) is 141 cm³/mol. The maximum Gasteiger partial charge on any atom is 0.172 e. The Bertz CT molecular complexity index is 1090. The molecule has 0 saturated heterocycles. The van der Waals surface area contributed by atoms with Gasteiger partial charge in [-0.15, -0.1) is 0 Å². The molecule has 35 heavy (non-hydrogen) atoms. The number of aliphatic carboxylic acids is 1. The van der Waals surface area contributed by atoms with Crippen molar-refractivity contribution in [2.45, 2.75) is 74.0 Å². The van der Waals surface area contributed by atoms with Gasteiger partial charge in [-0.3, -0.25) is 0 Å². The van der Waals surface area contributed by atoms with Crippen LogP contribution in [0.2, 0.25) is 0 Å². The van der Waals surface area contributed by atoms with Crippen molar-refractivity contribution in [1.29, 1.82) is 0 Å². The molecule has 0 radical (unpaired) electrons. The quantitative estimate of drug-likeness (QED) is 0.389. The summed E-state index contributed by atoms with van der Waals surface area (Å²) in [6.07, 6.45) is 6.65. The van der Waals surface area contributed by atoms with E-state index in [0.717, 1.165) is 19.3 Å². The van der Waals surface area contributed by atoms with Crippen molar-refractivity contribution in [3.8, 4) is 0 Å². The molecule has 4 aliphatic rings. The Balaban J connectivity index is 0.000000164. The van der Waals surface area contributed by atoms with Gasteiger partial charge in [0, 0.05) is 22.5 Å². The summed E-state index contributed by atoms with van der Waals surface area (Å²) in [5.41, 5.74) is 3.71. The average molecular weight is 485 g/mol. The first-order valence-corrected chi connectivity index (χ1v) is 14.2. The van der Waals surface area contributed by atoms with Gasteiger partial charge < -0.3 is 9.90 Å². The first-order chi connectivity index (χ1) is 16.8. The van der Waals surface area contributed by atoms with Crippen molar-refractivity contribution < 1.29 is 9.90 Å². The highest BCUT2D eigenvalue weighted by Gasteiger charge is 2.51. The molecule has 0 aromatic heterocycles. The minimum Gasteiger partial charge on any atom is -0.550 e. The maximum atomic E-state index is 11.1. The third kappa shape index (κ3) is 4.93. The monoisotopic (exact) mass is 484 g/mol. The van der Waals surface area contributed by atoms with Crippen LogP contribution < -0.4 is 5.11 Å². The second-order valence-electron chi connectivity index (χ2n) is 11.1. The molecule has 0 heterocycles. The molecule has 0 unspecified atom stereocenters. The predicted octanol–water partition coefficient (Wildman–Crippen LogP) is 6.66. The Labute approximate surface area is 213 Å². The fourth-order valence-electron chi connectivity index (χ4n) is 7.33. The summed E-state index contributed by atoms with van der Waals surface area (Å²) >= 11 is 0. The topological polar surface area (TPSA) is 40.1 Å². The largest absolute Gasteiger partial charge is 0.550 e. The van der Waals surface area contributed by atoms with Crippen LogP contribution in [0.25, 0.3) is 0 Å². The van der Waals surface area contributed by atoms with Crippen LogP contribution in [0.3, 0.4) is 0 Å². The number of carboxylic acids is 1. The van der Waals surface area contributed by atoms with Crippen molar-refractivity contribution in [3.63, 3.8) is 0 Å². The Morgan fingerprint density at radius 3 is 1.51 bits per heavy atom. The molecular weight excluding hydrogens is 448 g/mol. The van der Waals surface area contributed by atoms with Gasteiger partial charge in [0.25, 0.3) is 0 Å². The Morgan fingerprint density at radius 1 is 0.743 bits per heavy atom. The highest BCUT2D eigenvalue weighted by atomic mass is 32.2. The second kappa shape index (κ2) is 9.85. The van der Waals surface area contributed by atoms with Gasteiger partial charge in [0.2, 0.25) is 0 Å². The number of carboxylic acid groups (broad SMARTS) is 1. The van der Waals surface area contributed by atoms with Gasteiger partial charge >= 0.3 is 0 Å². The lowest BCUT2D eigenvalue weighted by atomic mass is 9.49. The SMILES string of the molecule is Cc1cc(C)c([S+](c2ccccc2)c2ccccc2)c(C)c1.O=C([O-])C12CC3CC(CC(C3)C1)C2. The summed E-state index contributed by atoms with van der Waals surface area (Å²) in [7, 11) is -0.0460. The molecule has 3 aromatic carbocycles. The van der Waals surface area contributed by atoms with E-state index < -0.39 is 11.4 Å². The molecule has 0 atom stereocenters. The minimum atomic E-state index is -0.758. The molecule has 4 bridgehead atoms. The smallest absolute Gasteiger partial charge is 0.172 e. The third-order valence-electron chi connectivity index (χ3n) is 8.24. The van der Waals surface area contributed by atoms with E-state index in [4.69, 9.17) is 0 Å². The molecule has 0 N–H and O–H groups in total. The Kier molecular flexibility index (Phi) is 6.81. The zero-order valence-corrected chi connectivity index (χ0v) is 21.9. The van der Waals surface area contributed by atoms with Gasteiger partial charge in [0.1, 0.15) is 0 Å². The number of hydrogen-bond acceptors (Lipinski definition) is 2. The zero-order chi connectivity index (χ0) is 24.6. The van der Waals surface area contributed by atoms with Crippen molar-refractivity contribution in [2.24, 2.45) is 23.2 Å². The number of hydrogen-bond donors (Lipinski definition) is 0. The minimum absolute atomic E-state index is 0.0460. The van der Waals surface area contributed by atoms with Gasteiger partial charge in [-0.2, -0.15) is 0 Å². The number of carbonyl (C=O) groups excluding carboxylic acids is 1. The van der Waals surface area contributed by atoms with Crippen LogP contribution in [0.1, 0.15) is 55.2 Å². The molecule has 4 aliphatic carbocycles. The third-order valence-corrected chi connectivity index (χ3v) is 10.8. The van der Waals surface area contributed by atoms with E-state index >= 15 is 0 Å². The van der Waals surface area contributed by atoms with E-state index in [9.17, 15) is 9.90 Å². The lowest BCUT2D eigenvalue weighted by Crippen LogP contribution is -2.54. The maximum absolute atomic E-state index is 11.1. The number of carbonyl (C=O) groups is 1. The summed E-state index contributed by atoms with van der Waals surface area (Å²) in [4.78, 5) is 15.4. The molecular formula is C32H36O2S. The van der Waals surface area contributed by atoms with Gasteiger partial charge in [0.15, 0.2) is 14.7 Å². The number of rotatable bonds is 4. The summed E-state index contributed by atoms with van der Waals surface area (Å²) in [5, 5.41) is 11.1. The molecule has 0 amide bonds. The standard InChI is InChI=1S/C21H21S.C11H16O2/c1-16-14-17(2)21(18(3)15-16)22(19-10-6-4-7-11-19)20-12-8-5-9-13-20;12-10(13)11-4-7-1-8(5-11)3-9(2-7)6-11/h4-15H,1-3H3;7-9H,1-6H2,(H,12,13)/q+1;/p-1. The summed E-state index contributed by atoms with van der Waals surface area (Å²) in [5.74, 6) is 1.38. The van der Waals surface area contributed by atoms with Crippen molar-refractivity contribution in [3.05, 3.63) is 89.5 Å². The number of benzene rings is 3. The van der Waals surface area contributed by atoms with Gasteiger partial charge in [0.05, 0.1) is 10.9 Å². The van der Waals surface area contributed by atoms with Crippen molar-refractivity contribution >= 4 is 16.9 Å². The molecule has 3 heteroatoms. The van der Waals surface area contributed by atoms with Crippen LogP contribution in [0.5, 0.6) is 0 Å². The second-order valence-corrected chi connectivity index (χ2v) is 13.1. The molecule has 0 aliphatic heterocycles. The van der Waals surface area contributed by atoms with Gasteiger partial charge in [-0.1, -0.05) is 54.1 Å². The van der Waals surface area contributed by atoms with Crippen LogP contribution in [0, 0.1) is 43.9 Å². The fourth-order valence-corrected chi connectivity index (χ4v) is 9.70. The van der Waals surface area contributed by atoms with E-state index in [1.54, 1.807) is 0 Å². The molecule has 4 saturated carbocycles. The Morgan fingerprint density at radius 2 is 1.14 bits per heavy atom. The van der Waals surface area contributed by atoms with Crippen LogP contribution in [-0.4, -0.2) is 5.97 Å². The highest BCUT2D eigenvalue weighted by molar-refractivity contribution is 7.97. The first kappa shape index (κ1) is 24.2. The van der Waals surface area contributed by atoms with Crippen LogP contribution in [-0.2, 0) is 15.7 Å². The van der Waals surface area contributed by atoms with Crippen LogP contribution >= 0.6 is 0 Å². The molecule has 7 rings (SSSR count). The van der Waals surface area contributed by atoms with E-state index in [-0.39, 0.29) is 10.9 Å². The van der Waals surface area contributed by atoms with E-state index in [2.05, 4.69) is 93.6 Å². The summed E-state index contributed by atoms with van der Waals surface area (Å²) in [6, 6.07) is 26.3. The molecule has 4 fully saturated rings. The van der Waals surface area contributed by atoms with E-state index in [0.29, 0.717) is 17.8 Å². The molecule has 182 valence electrons. The van der Waals surface area contributed by atoms with Crippen molar-refractivity contribution in [1.82, 2.24) is 0 Å². The lowest BCUT2D eigenvalue weighted by molar-refractivity contribution is -0.327. The van der Waals surface area contributed by atoms with Crippen LogP contribution in [0.4, 0.5) is 0 Å². The summed E-state index contributed by atoms with van der Waals surface area (Å²) in [6.45, 7) is 6.65. The van der Waals surface area contributed by atoms with Gasteiger partial charge in [-0.25, -0.2) is 0 Å². The zero-order valence-electron chi connectivity index (χ0n) is 21.1. The molecule has 3 aromatic rings. The highest BCUT2D eigenvalue weighted by Crippen LogP contribution is 2.59. The van der Waals surface area contributed by atoms with Crippen LogP contribution in [0.15, 0.2) is 87.5 Å². The molecule has 0 spiro atoms. The average Bonchev–Trinajstić information content (AvgIpc) is 2.82. The van der Waals surface area contributed by atoms with Crippen molar-refractivity contribution in [2.75, 3.05) is 0 Å². The normalized spacial score (nSPS) is 26.3. The van der Waals surface area contributed by atoms with Gasteiger partial charge in [-0.05, 0) is 101 Å². The summed E-state index contributed by atoms with van der Waals surface area (Å²) < 4.78 is 0. The van der Waals surface area contributed by atoms with E-state index in [1.165, 1.54) is 50.6 Å². The van der Waals surface area contributed by atoms with E-state index in [1.807, 2.05) is 0 Å². The molecule has 2 nitrogen and oxygen atoms in total. The lowest BCUT2D eigenvalue weighted by Gasteiger charge is -2.57. The Hall–Kier alpha value is -2.52. The fraction of sp³-hybridized carbons (Fsp3) is 0.406. The number of aryl methyl sites for hydroxylation is 3. The first-order valence-electron chi connectivity index (χ1n) is 13.0.